The second kappa shape index (κ2) is 9.44. The molecule has 0 saturated heterocycles. The Morgan fingerprint density at radius 1 is 0.926 bits per heavy atom. The van der Waals surface area contributed by atoms with Gasteiger partial charge in [0.05, 0.1) is 0 Å². The van der Waals surface area contributed by atoms with E-state index in [1.54, 1.807) is 43.3 Å². The largest absolute Gasteiger partial charge is 0.326 e. The molecule has 0 heterocycles. The van der Waals surface area contributed by atoms with Crippen molar-refractivity contribution in [2.75, 3.05) is 5.32 Å². The van der Waals surface area contributed by atoms with Crippen LogP contribution in [-0.2, 0) is 4.79 Å². The van der Waals surface area contributed by atoms with Gasteiger partial charge < -0.3 is 5.32 Å². The normalized spacial score (nSPS) is 9.85. The summed E-state index contributed by atoms with van der Waals surface area (Å²) in [5.41, 5.74) is 7.18. The van der Waals surface area contributed by atoms with Crippen molar-refractivity contribution < 1.29 is 14.4 Å². The third kappa shape index (κ3) is 5.89. The van der Waals surface area contributed by atoms with Crippen LogP contribution in [0.25, 0.3) is 0 Å². The van der Waals surface area contributed by atoms with E-state index in [4.69, 9.17) is 12.2 Å². The lowest BCUT2D eigenvalue weighted by atomic mass is 10.1. The van der Waals surface area contributed by atoms with Gasteiger partial charge in [0.2, 0.25) is 5.91 Å². The number of anilines is 1. The Kier molecular flexibility index (Phi) is 7.01. The van der Waals surface area contributed by atoms with Crippen LogP contribution in [-0.4, -0.2) is 22.8 Å². The van der Waals surface area contributed by atoms with Crippen molar-refractivity contribution in [3.63, 3.8) is 0 Å². The number of amides is 3. The van der Waals surface area contributed by atoms with E-state index in [9.17, 15) is 14.4 Å². The Labute approximate surface area is 162 Å². The van der Waals surface area contributed by atoms with Crippen LogP contribution >= 0.6 is 12.2 Å². The molecule has 0 unspecified atom stereocenters. The summed E-state index contributed by atoms with van der Waals surface area (Å²) in [6.45, 7) is 3.57. The van der Waals surface area contributed by atoms with Crippen molar-refractivity contribution >= 4 is 40.7 Å². The topological polar surface area (TPSA) is 99.3 Å². The number of benzene rings is 2. The van der Waals surface area contributed by atoms with Crippen molar-refractivity contribution in [3.8, 4) is 0 Å². The minimum absolute atomic E-state index is 0.0246. The molecule has 0 aromatic heterocycles. The summed E-state index contributed by atoms with van der Waals surface area (Å²) >= 11 is 5.02. The Morgan fingerprint density at radius 2 is 1.59 bits per heavy atom. The van der Waals surface area contributed by atoms with E-state index in [2.05, 4.69) is 21.5 Å². The second-order valence-electron chi connectivity index (χ2n) is 5.66. The summed E-state index contributed by atoms with van der Waals surface area (Å²) in [5, 5.41) is 5.17. The molecule has 0 saturated carbocycles. The third-order valence-corrected chi connectivity index (χ3v) is 3.86. The van der Waals surface area contributed by atoms with Gasteiger partial charge in [-0.3, -0.25) is 30.6 Å². The van der Waals surface area contributed by atoms with Crippen LogP contribution in [0, 0.1) is 6.92 Å². The number of nitrogens with one attached hydrogen (secondary N) is 4. The molecule has 0 radical (unpaired) electrons. The zero-order valence-corrected chi connectivity index (χ0v) is 15.8. The number of carbonyl (C=O) groups excluding carboxylic acids is 3. The summed E-state index contributed by atoms with van der Waals surface area (Å²) < 4.78 is 0. The molecule has 0 aliphatic rings. The molecule has 7 nitrogen and oxygen atoms in total. The summed E-state index contributed by atoms with van der Waals surface area (Å²) in [4.78, 5) is 35.6. The quantitative estimate of drug-likeness (QED) is 0.479. The number of hydrogen-bond acceptors (Lipinski definition) is 4. The molecule has 0 aliphatic heterocycles. The molecule has 2 aromatic carbocycles. The Morgan fingerprint density at radius 3 is 2.22 bits per heavy atom. The van der Waals surface area contributed by atoms with E-state index in [1.807, 2.05) is 19.1 Å². The molecule has 27 heavy (non-hydrogen) atoms. The van der Waals surface area contributed by atoms with Crippen LogP contribution in [0.1, 0.15) is 39.6 Å². The van der Waals surface area contributed by atoms with Gasteiger partial charge in [-0.2, -0.15) is 0 Å². The Bertz CT molecular complexity index is 866. The van der Waals surface area contributed by atoms with Gasteiger partial charge in [-0.05, 0) is 55.0 Å². The highest BCUT2D eigenvalue weighted by atomic mass is 32.1. The highest BCUT2D eigenvalue weighted by molar-refractivity contribution is 7.80. The maximum absolute atomic E-state index is 12.2. The number of hydrazine groups is 1. The fourth-order valence-electron chi connectivity index (χ4n) is 2.17. The first-order chi connectivity index (χ1) is 12.9. The second-order valence-corrected chi connectivity index (χ2v) is 6.06. The predicted molar refractivity (Wildman–Crippen MR) is 107 cm³/mol. The van der Waals surface area contributed by atoms with E-state index in [0.29, 0.717) is 23.2 Å². The van der Waals surface area contributed by atoms with E-state index < -0.39 is 5.91 Å². The van der Waals surface area contributed by atoms with Crippen LogP contribution in [0.5, 0.6) is 0 Å². The van der Waals surface area contributed by atoms with Gasteiger partial charge >= 0.3 is 0 Å². The lowest BCUT2D eigenvalue weighted by Crippen LogP contribution is -2.48. The van der Waals surface area contributed by atoms with E-state index in [1.165, 1.54) is 0 Å². The number of rotatable bonds is 4. The van der Waals surface area contributed by atoms with Crippen LogP contribution in [0.3, 0.4) is 0 Å². The monoisotopic (exact) mass is 384 g/mol. The lowest BCUT2D eigenvalue weighted by Gasteiger charge is -2.12. The SMILES string of the molecule is CCC(=O)Nc1ccc(C(=O)NNC(=S)NC(=O)c2ccccc2C)cc1. The summed E-state index contributed by atoms with van der Waals surface area (Å²) in [5.74, 6) is -0.907. The van der Waals surface area contributed by atoms with Crippen molar-refractivity contribution in [1.29, 1.82) is 0 Å². The van der Waals surface area contributed by atoms with Crippen molar-refractivity contribution in [2.24, 2.45) is 0 Å². The number of carbonyl (C=O) groups is 3. The van der Waals surface area contributed by atoms with Gasteiger partial charge in [0.15, 0.2) is 5.11 Å². The molecule has 0 fully saturated rings. The molecule has 0 bridgehead atoms. The third-order valence-electron chi connectivity index (χ3n) is 3.66. The summed E-state index contributed by atoms with van der Waals surface area (Å²) in [6.07, 6.45) is 0.373. The average molecular weight is 384 g/mol. The minimum Gasteiger partial charge on any atom is -0.326 e. The minimum atomic E-state index is -0.434. The average Bonchev–Trinajstić information content (AvgIpc) is 2.66. The molecule has 0 atom stereocenters. The van der Waals surface area contributed by atoms with Crippen LogP contribution in [0.4, 0.5) is 5.69 Å². The smallest absolute Gasteiger partial charge is 0.269 e. The van der Waals surface area contributed by atoms with Crippen LogP contribution < -0.4 is 21.5 Å². The molecule has 2 rings (SSSR count). The number of thiocarbonyl (C=S) groups is 1. The maximum atomic E-state index is 12.2. The first-order valence-corrected chi connectivity index (χ1v) is 8.68. The molecular formula is C19H20N4O3S. The zero-order chi connectivity index (χ0) is 19.8. The Balaban J connectivity index is 1.86. The standard InChI is InChI=1S/C19H20N4O3S/c1-3-16(24)20-14-10-8-13(9-11-14)17(25)22-23-19(27)21-18(26)15-7-5-4-6-12(15)2/h4-11H,3H2,1-2H3,(H,20,24)(H,22,25)(H2,21,23,26,27). The summed E-state index contributed by atoms with van der Waals surface area (Å²) in [7, 11) is 0. The fraction of sp³-hybridized carbons (Fsp3) is 0.158. The van der Waals surface area contributed by atoms with E-state index in [-0.39, 0.29) is 16.9 Å². The Hall–Kier alpha value is -3.26. The van der Waals surface area contributed by atoms with Gasteiger partial charge in [-0.15, -0.1) is 0 Å². The molecule has 4 N–H and O–H groups in total. The van der Waals surface area contributed by atoms with Gasteiger partial charge in [-0.1, -0.05) is 25.1 Å². The molecule has 0 aliphatic carbocycles. The molecule has 8 heteroatoms. The maximum Gasteiger partial charge on any atom is 0.269 e. The van der Waals surface area contributed by atoms with Gasteiger partial charge in [0.25, 0.3) is 11.8 Å². The number of hydrogen-bond donors (Lipinski definition) is 4. The van der Waals surface area contributed by atoms with Crippen molar-refractivity contribution in [1.82, 2.24) is 16.2 Å². The van der Waals surface area contributed by atoms with Gasteiger partial charge in [0.1, 0.15) is 0 Å². The first-order valence-electron chi connectivity index (χ1n) is 8.28. The van der Waals surface area contributed by atoms with E-state index >= 15 is 0 Å². The molecule has 140 valence electrons. The highest BCUT2D eigenvalue weighted by Gasteiger charge is 2.11. The first kappa shape index (κ1) is 20.1. The fourth-order valence-corrected chi connectivity index (χ4v) is 2.31. The molecule has 2 aromatic rings. The summed E-state index contributed by atoms with van der Waals surface area (Å²) in [6, 6.07) is 13.5. The lowest BCUT2D eigenvalue weighted by molar-refractivity contribution is -0.115. The predicted octanol–water partition coefficient (Wildman–Crippen LogP) is 2.29. The van der Waals surface area contributed by atoms with Crippen molar-refractivity contribution in [2.45, 2.75) is 20.3 Å². The molecule has 0 spiro atoms. The van der Waals surface area contributed by atoms with Crippen LogP contribution in [0.15, 0.2) is 48.5 Å². The molecule has 3 amide bonds. The molecular weight excluding hydrogens is 364 g/mol. The van der Waals surface area contributed by atoms with Gasteiger partial charge in [-0.25, -0.2) is 0 Å². The van der Waals surface area contributed by atoms with Gasteiger partial charge in [0, 0.05) is 23.2 Å². The van der Waals surface area contributed by atoms with E-state index in [0.717, 1.165) is 5.56 Å². The van der Waals surface area contributed by atoms with Crippen molar-refractivity contribution in [3.05, 3.63) is 65.2 Å². The zero-order valence-electron chi connectivity index (χ0n) is 15.0. The number of aryl methyl sites for hydroxylation is 1. The van der Waals surface area contributed by atoms with Crippen LogP contribution in [0.2, 0.25) is 0 Å². The highest BCUT2D eigenvalue weighted by Crippen LogP contribution is 2.10.